The van der Waals surface area contributed by atoms with Crippen molar-refractivity contribution in [2.75, 3.05) is 32.0 Å². The first-order valence-corrected chi connectivity index (χ1v) is 11.5. The zero-order valence-corrected chi connectivity index (χ0v) is 18.7. The van der Waals surface area contributed by atoms with E-state index >= 15 is 0 Å². The summed E-state index contributed by atoms with van der Waals surface area (Å²) >= 11 is 13.6. The quantitative estimate of drug-likeness (QED) is 0.432. The van der Waals surface area contributed by atoms with Gasteiger partial charge in [0.05, 0.1) is 22.8 Å². The van der Waals surface area contributed by atoms with Gasteiger partial charge in [-0.15, -0.1) is 11.8 Å². The Morgan fingerprint density at radius 2 is 2.17 bits per heavy atom. The van der Waals surface area contributed by atoms with E-state index < -0.39 is 0 Å². The van der Waals surface area contributed by atoms with Crippen molar-refractivity contribution in [3.63, 3.8) is 0 Å². The van der Waals surface area contributed by atoms with Gasteiger partial charge in [0.2, 0.25) is 5.91 Å². The lowest BCUT2D eigenvalue weighted by Gasteiger charge is -2.33. The molecule has 1 unspecified atom stereocenters. The van der Waals surface area contributed by atoms with Crippen LogP contribution in [0.25, 0.3) is 0 Å². The Kier molecular flexibility index (Phi) is 9.02. The number of hydrogen-bond acceptors (Lipinski definition) is 6. The maximum atomic E-state index is 12.1. The molecule has 0 bridgehead atoms. The number of morpholine rings is 1. The molecule has 1 aromatic heterocycles. The molecule has 10 heteroatoms. The van der Waals surface area contributed by atoms with Gasteiger partial charge in [0.15, 0.2) is 0 Å². The minimum atomic E-state index is -0.223. The summed E-state index contributed by atoms with van der Waals surface area (Å²) in [6, 6.07) is 8.78. The van der Waals surface area contributed by atoms with Gasteiger partial charge in [-0.25, -0.2) is 5.10 Å². The monoisotopic (exact) mass is 470 g/mol. The van der Waals surface area contributed by atoms with E-state index in [1.807, 2.05) is 18.2 Å². The highest BCUT2D eigenvalue weighted by Crippen LogP contribution is 2.23. The van der Waals surface area contributed by atoms with Gasteiger partial charge in [-0.2, -0.15) is 5.10 Å². The maximum absolute atomic E-state index is 12.1. The van der Waals surface area contributed by atoms with E-state index in [9.17, 15) is 9.59 Å². The third-order valence-corrected chi connectivity index (χ3v) is 6.35. The molecule has 0 aliphatic carbocycles. The number of H-pyrrole nitrogens is 1. The molecule has 162 valence electrons. The van der Waals surface area contributed by atoms with Crippen LogP contribution in [0.4, 0.5) is 0 Å². The van der Waals surface area contributed by atoms with Crippen molar-refractivity contribution in [3.05, 3.63) is 56.3 Å². The number of rotatable bonds is 9. The second-order valence-corrected chi connectivity index (χ2v) is 8.92. The van der Waals surface area contributed by atoms with Crippen molar-refractivity contribution in [2.45, 2.75) is 30.5 Å². The smallest absolute Gasteiger partial charge is 0.264 e. The van der Waals surface area contributed by atoms with Crippen LogP contribution in [0.15, 0.2) is 40.2 Å². The lowest BCUT2D eigenvalue weighted by Crippen LogP contribution is -2.47. The number of aromatic amines is 1. The van der Waals surface area contributed by atoms with Crippen molar-refractivity contribution in [3.8, 4) is 0 Å². The third-order valence-electron chi connectivity index (χ3n) is 4.59. The number of carbonyl (C=O) groups is 1. The predicted octanol–water partition coefficient (Wildman–Crippen LogP) is 2.97. The van der Waals surface area contributed by atoms with Crippen LogP contribution in [-0.2, 0) is 16.1 Å². The molecule has 1 saturated heterocycles. The van der Waals surface area contributed by atoms with Crippen molar-refractivity contribution < 1.29 is 9.53 Å². The fourth-order valence-electron chi connectivity index (χ4n) is 3.08. The van der Waals surface area contributed by atoms with Crippen LogP contribution < -0.4 is 10.9 Å². The number of benzene rings is 1. The molecule has 0 spiro atoms. The molecule has 30 heavy (non-hydrogen) atoms. The highest BCUT2D eigenvalue weighted by Gasteiger charge is 2.21. The Balaban J connectivity index is 1.33. The van der Waals surface area contributed by atoms with Crippen LogP contribution in [0.5, 0.6) is 0 Å². The molecule has 2 N–H and O–H groups in total. The van der Waals surface area contributed by atoms with Crippen LogP contribution >= 0.6 is 35.0 Å². The number of ether oxygens (including phenoxy) is 1. The Labute approximate surface area is 189 Å². The molecule has 0 saturated carbocycles. The van der Waals surface area contributed by atoms with Crippen molar-refractivity contribution in [1.82, 2.24) is 20.4 Å². The largest absolute Gasteiger partial charge is 0.374 e. The van der Waals surface area contributed by atoms with Crippen molar-refractivity contribution in [2.24, 2.45) is 0 Å². The lowest BCUT2D eigenvalue weighted by atomic mass is 10.2. The summed E-state index contributed by atoms with van der Waals surface area (Å²) in [6.45, 7) is 3.46. The van der Waals surface area contributed by atoms with Crippen LogP contribution in [0.1, 0.15) is 18.4 Å². The summed E-state index contributed by atoms with van der Waals surface area (Å²) in [6.07, 6.45) is 1.13. The van der Waals surface area contributed by atoms with E-state index in [-0.39, 0.29) is 17.6 Å². The molecule has 2 aromatic rings. The number of carbonyl (C=O) groups excluding carboxylic acids is 1. The van der Waals surface area contributed by atoms with E-state index in [0.29, 0.717) is 29.6 Å². The predicted molar refractivity (Wildman–Crippen MR) is 119 cm³/mol. The molecular weight excluding hydrogens is 447 g/mol. The van der Waals surface area contributed by atoms with Crippen LogP contribution in [-0.4, -0.2) is 59.1 Å². The third kappa shape index (κ3) is 7.59. The number of thioether (sulfide) groups is 1. The molecular formula is C20H24Cl2N4O3S. The van der Waals surface area contributed by atoms with Crippen molar-refractivity contribution in [1.29, 1.82) is 0 Å². The second-order valence-electron chi connectivity index (χ2n) is 6.99. The molecule has 1 amide bonds. The first-order chi connectivity index (χ1) is 14.5. The second kappa shape index (κ2) is 11.7. The zero-order valence-electron chi connectivity index (χ0n) is 16.4. The van der Waals surface area contributed by atoms with E-state index in [1.165, 1.54) is 17.8 Å². The summed E-state index contributed by atoms with van der Waals surface area (Å²) in [5.74, 6) is 0.763. The minimum absolute atomic E-state index is 0.00948. The molecule has 1 atom stereocenters. The molecule has 2 heterocycles. The molecule has 1 aliphatic heterocycles. The SMILES string of the molecule is O=C(CCCSc1ccc(=O)[nH]n1)NCC1CN(Cc2ccc(Cl)c(Cl)c2)CCO1. The van der Waals surface area contributed by atoms with Gasteiger partial charge in [0.25, 0.3) is 5.56 Å². The Bertz CT molecular complexity index is 891. The lowest BCUT2D eigenvalue weighted by molar-refractivity contribution is -0.122. The molecule has 0 radical (unpaired) electrons. The summed E-state index contributed by atoms with van der Waals surface area (Å²) in [5.41, 5.74) is 0.878. The van der Waals surface area contributed by atoms with Gasteiger partial charge in [-0.1, -0.05) is 29.3 Å². The molecule has 7 nitrogen and oxygen atoms in total. The van der Waals surface area contributed by atoms with Gasteiger partial charge < -0.3 is 10.1 Å². The van der Waals surface area contributed by atoms with Gasteiger partial charge in [-0.05, 0) is 30.2 Å². The van der Waals surface area contributed by atoms with Crippen LogP contribution in [0.3, 0.4) is 0 Å². The minimum Gasteiger partial charge on any atom is -0.374 e. The first-order valence-electron chi connectivity index (χ1n) is 9.73. The molecule has 3 rings (SSSR count). The van der Waals surface area contributed by atoms with E-state index in [0.717, 1.165) is 42.4 Å². The average molecular weight is 471 g/mol. The molecule has 1 aromatic carbocycles. The zero-order chi connectivity index (χ0) is 21.3. The van der Waals surface area contributed by atoms with Gasteiger partial charge in [0.1, 0.15) is 5.03 Å². The Morgan fingerprint density at radius 3 is 2.93 bits per heavy atom. The summed E-state index contributed by atoms with van der Waals surface area (Å²) in [7, 11) is 0. The maximum Gasteiger partial charge on any atom is 0.264 e. The van der Waals surface area contributed by atoms with Gasteiger partial charge >= 0.3 is 0 Å². The van der Waals surface area contributed by atoms with Gasteiger partial charge in [-0.3, -0.25) is 14.5 Å². The summed E-state index contributed by atoms with van der Waals surface area (Å²) < 4.78 is 5.79. The Morgan fingerprint density at radius 1 is 1.30 bits per heavy atom. The van der Waals surface area contributed by atoms with E-state index in [1.54, 1.807) is 6.07 Å². The van der Waals surface area contributed by atoms with Crippen LogP contribution in [0, 0.1) is 0 Å². The number of hydrogen-bond donors (Lipinski definition) is 2. The summed E-state index contributed by atoms with van der Waals surface area (Å²) in [5, 5.41) is 11.1. The number of nitrogens with zero attached hydrogens (tertiary/aromatic N) is 2. The highest BCUT2D eigenvalue weighted by molar-refractivity contribution is 7.99. The van der Waals surface area contributed by atoms with E-state index in [2.05, 4.69) is 20.4 Å². The fourth-order valence-corrected chi connectivity index (χ4v) is 4.17. The normalized spacial score (nSPS) is 17.1. The standard InChI is InChI=1S/C20H24Cl2N4O3S/c21-16-4-3-14(10-17(16)22)12-26-7-8-29-15(13-26)11-23-18(27)2-1-9-30-20-6-5-19(28)24-25-20/h3-6,10,15H,1-2,7-9,11-13H2,(H,23,27)(H,24,28). The van der Waals surface area contributed by atoms with Crippen LogP contribution in [0.2, 0.25) is 10.0 Å². The van der Waals surface area contributed by atoms with Crippen molar-refractivity contribution >= 4 is 40.9 Å². The molecule has 1 fully saturated rings. The fraction of sp³-hybridized carbons (Fsp3) is 0.450. The molecule has 1 aliphatic rings. The summed E-state index contributed by atoms with van der Waals surface area (Å²) in [4.78, 5) is 25.4. The highest BCUT2D eigenvalue weighted by atomic mass is 35.5. The number of nitrogens with one attached hydrogen (secondary N) is 2. The average Bonchev–Trinajstić information content (AvgIpc) is 2.74. The van der Waals surface area contributed by atoms with Gasteiger partial charge in [0, 0.05) is 44.4 Å². The first kappa shape index (κ1) is 23.1. The number of amides is 1. The van der Waals surface area contributed by atoms with E-state index in [4.69, 9.17) is 27.9 Å². The number of halogens is 2. The topological polar surface area (TPSA) is 87.3 Å². The Hall–Kier alpha value is -1.58. The number of aromatic nitrogens is 2.